The average Bonchev–Trinajstić information content (AvgIpc) is 2.62. The maximum absolute atomic E-state index is 5.33. The Hall–Kier alpha value is -1.92. The third-order valence-electron chi connectivity index (χ3n) is 3.54. The van der Waals surface area contributed by atoms with Crippen LogP contribution in [0.3, 0.4) is 0 Å². The standard InChI is InChI=1S/C19H24N2O2S2/c1-14-5-8-16(9-6-14)25-12-4-11-20-19(24)21-15-7-10-17(22-2)18(13-15)23-3/h5-10,13H,4,11-12H2,1-3H3,(H2,20,21,24). The smallest absolute Gasteiger partial charge is 0.170 e. The van der Waals surface area contributed by atoms with Crippen molar-refractivity contribution >= 4 is 34.8 Å². The summed E-state index contributed by atoms with van der Waals surface area (Å²) in [6.45, 7) is 2.93. The van der Waals surface area contributed by atoms with Gasteiger partial charge in [0.15, 0.2) is 16.6 Å². The Morgan fingerprint density at radius 3 is 2.44 bits per heavy atom. The minimum atomic E-state index is 0.604. The number of ether oxygens (including phenoxy) is 2. The van der Waals surface area contributed by atoms with Gasteiger partial charge in [-0.3, -0.25) is 0 Å². The van der Waals surface area contributed by atoms with Crippen LogP contribution in [0.1, 0.15) is 12.0 Å². The van der Waals surface area contributed by atoms with E-state index in [9.17, 15) is 0 Å². The second-order valence-corrected chi connectivity index (χ2v) is 7.04. The van der Waals surface area contributed by atoms with Gasteiger partial charge in [-0.1, -0.05) is 17.7 Å². The van der Waals surface area contributed by atoms with Gasteiger partial charge in [-0.25, -0.2) is 0 Å². The molecule has 0 saturated carbocycles. The SMILES string of the molecule is COc1ccc(NC(=S)NCCCSc2ccc(C)cc2)cc1OC. The highest BCUT2D eigenvalue weighted by Crippen LogP contribution is 2.29. The van der Waals surface area contributed by atoms with Crippen LogP contribution in [0.5, 0.6) is 11.5 Å². The second kappa shape index (κ2) is 10.2. The summed E-state index contributed by atoms with van der Waals surface area (Å²) in [5.74, 6) is 2.42. The second-order valence-electron chi connectivity index (χ2n) is 5.47. The van der Waals surface area contributed by atoms with Crippen molar-refractivity contribution in [2.24, 2.45) is 0 Å². The summed E-state index contributed by atoms with van der Waals surface area (Å²) in [5.41, 5.74) is 2.15. The molecule has 2 aromatic carbocycles. The van der Waals surface area contributed by atoms with Crippen LogP contribution in [-0.4, -0.2) is 31.6 Å². The summed E-state index contributed by atoms with van der Waals surface area (Å²) >= 11 is 7.19. The van der Waals surface area contributed by atoms with Gasteiger partial charge in [0.1, 0.15) is 0 Å². The number of thiocarbonyl (C=S) groups is 1. The molecule has 0 aliphatic heterocycles. The van der Waals surface area contributed by atoms with Crippen molar-refractivity contribution < 1.29 is 9.47 Å². The van der Waals surface area contributed by atoms with Gasteiger partial charge in [0.05, 0.1) is 14.2 Å². The molecule has 6 heteroatoms. The molecular weight excluding hydrogens is 352 g/mol. The van der Waals surface area contributed by atoms with Crippen molar-refractivity contribution in [2.75, 3.05) is 31.8 Å². The van der Waals surface area contributed by atoms with Crippen molar-refractivity contribution in [3.63, 3.8) is 0 Å². The monoisotopic (exact) mass is 376 g/mol. The highest BCUT2D eigenvalue weighted by molar-refractivity contribution is 7.99. The lowest BCUT2D eigenvalue weighted by molar-refractivity contribution is 0.355. The van der Waals surface area contributed by atoms with Gasteiger partial charge in [0.25, 0.3) is 0 Å². The van der Waals surface area contributed by atoms with E-state index in [4.69, 9.17) is 21.7 Å². The fourth-order valence-corrected chi connectivity index (χ4v) is 3.26. The number of anilines is 1. The van der Waals surface area contributed by atoms with E-state index in [2.05, 4.69) is 41.8 Å². The number of thioether (sulfide) groups is 1. The Balaban J connectivity index is 1.69. The first-order valence-corrected chi connectivity index (χ1v) is 9.48. The maximum atomic E-state index is 5.33. The van der Waals surface area contributed by atoms with Gasteiger partial charge in [-0.05, 0) is 55.6 Å². The Labute approximate surface area is 159 Å². The third-order valence-corrected chi connectivity index (χ3v) is 4.88. The van der Waals surface area contributed by atoms with Crippen LogP contribution in [0, 0.1) is 6.92 Å². The molecule has 2 rings (SSSR count). The number of aryl methyl sites for hydroxylation is 1. The Morgan fingerprint density at radius 1 is 1.04 bits per heavy atom. The lowest BCUT2D eigenvalue weighted by atomic mass is 10.2. The van der Waals surface area contributed by atoms with Crippen LogP contribution in [0.15, 0.2) is 47.4 Å². The molecule has 4 nitrogen and oxygen atoms in total. The molecule has 2 aromatic rings. The van der Waals surface area contributed by atoms with Crippen molar-refractivity contribution in [1.82, 2.24) is 5.32 Å². The molecule has 0 aliphatic rings. The van der Waals surface area contributed by atoms with E-state index in [1.54, 1.807) is 14.2 Å². The van der Waals surface area contributed by atoms with Crippen molar-refractivity contribution in [2.45, 2.75) is 18.2 Å². The van der Waals surface area contributed by atoms with Gasteiger partial charge in [-0.2, -0.15) is 0 Å². The number of rotatable bonds is 8. The first-order chi connectivity index (χ1) is 12.1. The zero-order valence-electron chi connectivity index (χ0n) is 14.8. The maximum Gasteiger partial charge on any atom is 0.170 e. The largest absolute Gasteiger partial charge is 0.493 e. The van der Waals surface area contributed by atoms with Crippen molar-refractivity contribution in [1.29, 1.82) is 0 Å². The van der Waals surface area contributed by atoms with E-state index in [-0.39, 0.29) is 0 Å². The lowest BCUT2D eigenvalue weighted by Crippen LogP contribution is -2.29. The molecule has 0 aliphatic carbocycles. The summed E-state index contributed by atoms with van der Waals surface area (Å²) in [7, 11) is 3.23. The van der Waals surface area contributed by atoms with E-state index in [0.717, 1.165) is 24.4 Å². The molecule has 134 valence electrons. The number of benzene rings is 2. The number of hydrogen-bond acceptors (Lipinski definition) is 4. The Morgan fingerprint density at radius 2 is 1.76 bits per heavy atom. The highest BCUT2D eigenvalue weighted by Gasteiger charge is 2.05. The molecule has 0 spiro atoms. The predicted octanol–water partition coefficient (Wildman–Crippen LogP) is 4.48. The Bertz CT molecular complexity index is 690. The van der Waals surface area contributed by atoms with Crippen LogP contribution in [0.25, 0.3) is 0 Å². The van der Waals surface area contributed by atoms with Crippen molar-refractivity contribution in [3.05, 3.63) is 48.0 Å². The van der Waals surface area contributed by atoms with E-state index in [1.807, 2.05) is 30.0 Å². The molecule has 0 aromatic heterocycles. The first-order valence-electron chi connectivity index (χ1n) is 8.08. The van der Waals surface area contributed by atoms with Crippen LogP contribution in [0.2, 0.25) is 0 Å². The molecule has 0 bridgehead atoms. The molecular formula is C19H24N2O2S2. The fourth-order valence-electron chi connectivity index (χ4n) is 2.19. The first kappa shape index (κ1) is 19.4. The van der Waals surface area contributed by atoms with Crippen LogP contribution >= 0.6 is 24.0 Å². The molecule has 0 radical (unpaired) electrons. The highest BCUT2D eigenvalue weighted by atomic mass is 32.2. The van der Waals surface area contributed by atoms with Gasteiger partial charge in [0.2, 0.25) is 0 Å². The van der Waals surface area contributed by atoms with E-state index < -0.39 is 0 Å². The fraction of sp³-hybridized carbons (Fsp3) is 0.316. The molecule has 0 heterocycles. The number of methoxy groups -OCH3 is 2. The van der Waals surface area contributed by atoms with Gasteiger partial charge in [0, 0.05) is 23.2 Å². The zero-order chi connectivity index (χ0) is 18.1. The predicted molar refractivity (Wildman–Crippen MR) is 110 cm³/mol. The number of hydrogen-bond donors (Lipinski definition) is 2. The molecule has 0 saturated heterocycles. The van der Waals surface area contributed by atoms with E-state index in [1.165, 1.54) is 10.5 Å². The zero-order valence-corrected chi connectivity index (χ0v) is 16.4. The van der Waals surface area contributed by atoms with Gasteiger partial charge in [-0.15, -0.1) is 11.8 Å². The molecule has 0 fully saturated rings. The molecule has 2 N–H and O–H groups in total. The number of nitrogens with one attached hydrogen (secondary N) is 2. The van der Waals surface area contributed by atoms with Crippen LogP contribution in [0.4, 0.5) is 5.69 Å². The topological polar surface area (TPSA) is 42.5 Å². The van der Waals surface area contributed by atoms with Gasteiger partial charge < -0.3 is 20.1 Å². The van der Waals surface area contributed by atoms with Crippen LogP contribution in [-0.2, 0) is 0 Å². The Kier molecular flexibility index (Phi) is 7.88. The molecule has 0 unspecified atom stereocenters. The van der Waals surface area contributed by atoms with Crippen molar-refractivity contribution in [3.8, 4) is 11.5 Å². The lowest BCUT2D eigenvalue weighted by Gasteiger charge is -2.13. The van der Waals surface area contributed by atoms with Gasteiger partial charge >= 0.3 is 0 Å². The summed E-state index contributed by atoms with van der Waals surface area (Å²) in [4.78, 5) is 1.30. The van der Waals surface area contributed by atoms with E-state index in [0.29, 0.717) is 16.6 Å². The summed E-state index contributed by atoms with van der Waals surface area (Å²) in [6, 6.07) is 14.2. The molecule has 0 atom stereocenters. The normalized spacial score (nSPS) is 10.2. The molecule has 0 amide bonds. The summed E-state index contributed by atoms with van der Waals surface area (Å²) in [6.07, 6.45) is 1.03. The molecule has 25 heavy (non-hydrogen) atoms. The average molecular weight is 377 g/mol. The minimum absolute atomic E-state index is 0.604. The quantitative estimate of drug-likeness (QED) is 0.402. The van der Waals surface area contributed by atoms with Crippen LogP contribution < -0.4 is 20.1 Å². The summed E-state index contributed by atoms with van der Waals surface area (Å²) < 4.78 is 10.5. The third kappa shape index (κ3) is 6.48. The van der Waals surface area contributed by atoms with E-state index >= 15 is 0 Å². The summed E-state index contributed by atoms with van der Waals surface area (Å²) in [5, 5.41) is 6.99. The minimum Gasteiger partial charge on any atom is -0.493 e.